The summed E-state index contributed by atoms with van der Waals surface area (Å²) in [5, 5.41) is 1.03. The molecule has 5 rings (SSSR count). The lowest BCUT2D eigenvalue weighted by molar-refractivity contribution is -0.152. The summed E-state index contributed by atoms with van der Waals surface area (Å²) in [5.74, 6) is 2.48. The van der Waals surface area contributed by atoms with Gasteiger partial charge >= 0.3 is 5.97 Å². The fraction of sp³-hybridized carbons (Fsp3) is 0.317. The molecule has 0 unspecified atom stereocenters. The zero-order valence-corrected chi connectivity index (χ0v) is 30.9. The van der Waals surface area contributed by atoms with Crippen LogP contribution in [0.5, 0.6) is 23.0 Å². The van der Waals surface area contributed by atoms with Crippen LogP contribution in [0.25, 0.3) is 10.9 Å². The molecule has 5 aromatic rings. The molecule has 9 heteroatoms. The van der Waals surface area contributed by atoms with Crippen molar-refractivity contribution in [2.45, 2.75) is 59.4 Å². The summed E-state index contributed by atoms with van der Waals surface area (Å²) in [5.41, 5.74) is 4.77. The average Bonchev–Trinajstić information content (AvgIpc) is 3.47. The number of carbonyl (C=O) groups excluding carboxylic acids is 1. The third-order valence-electron chi connectivity index (χ3n) is 8.20. The van der Waals surface area contributed by atoms with E-state index >= 15 is 0 Å². The van der Waals surface area contributed by atoms with Crippen molar-refractivity contribution in [1.29, 1.82) is 0 Å². The molecule has 262 valence electrons. The van der Waals surface area contributed by atoms with Gasteiger partial charge in [-0.3, -0.25) is 4.79 Å². The molecule has 8 nitrogen and oxygen atoms in total. The van der Waals surface area contributed by atoms with Gasteiger partial charge in [0.05, 0.1) is 19.8 Å². The molecule has 0 atom stereocenters. The zero-order chi connectivity index (χ0) is 36.0. The first-order valence-electron chi connectivity index (χ1n) is 16.6. The standard InChI is InChI=1S/C41H46N2O6S/c1-27(2)34-22-35(40(50)43(24-39(44)49-41(3,4)5)31-13-18-36-30(21-31)19-20-42(36)6)38(48-26-29-11-16-33(46-8)17-12-29)23-37(34)47-25-28-9-14-32(45-7)15-10-28/h9-23,27H,24-26H2,1-8H3. The molecule has 1 aromatic heterocycles. The maximum Gasteiger partial charge on any atom is 0.326 e. The van der Waals surface area contributed by atoms with E-state index in [1.54, 1.807) is 14.2 Å². The van der Waals surface area contributed by atoms with Crippen molar-refractivity contribution >= 4 is 39.8 Å². The monoisotopic (exact) mass is 694 g/mol. The highest BCUT2D eigenvalue weighted by Crippen LogP contribution is 2.37. The number of carbonyl (C=O) groups is 1. The number of hydrogen-bond acceptors (Lipinski definition) is 7. The van der Waals surface area contributed by atoms with E-state index in [1.165, 1.54) is 0 Å². The van der Waals surface area contributed by atoms with Crippen LogP contribution in [0, 0.1) is 0 Å². The lowest BCUT2D eigenvalue weighted by Gasteiger charge is -2.29. The third-order valence-corrected chi connectivity index (χ3v) is 8.64. The number of esters is 1. The molecule has 0 spiro atoms. The molecular weight excluding hydrogens is 649 g/mol. The first-order chi connectivity index (χ1) is 23.8. The minimum atomic E-state index is -0.659. The quantitative estimate of drug-likeness (QED) is 0.0894. The molecule has 0 bridgehead atoms. The van der Waals surface area contributed by atoms with Crippen LogP contribution in [0.1, 0.15) is 62.8 Å². The SMILES string of the molecule is COc1ccc(COc2cc(OCc3ccc(OC)cc3)c(C(C)C)cc2C(=S)N(CC(=O)OC(C)(C)C)c2ccc3c(ccn3C)c2)cc1. The highest BCUT2D eigenvalue weighted by Gasteiger charge is 2.26. The number of rotatable bonds is 13. The van der Waals surface area contributed by atoms with Crippen molar-refractivity contribution in [2.75, 3.05) is 25.7 Å². The molecule has 0 aliphatic carbocycles. The number of aromatic nitrogens is 1. The number of aryl methyl sites for hydroxylation is 1. The number of thiocarbonyl (C=S) groups is 1. The van der Waals surface area contributed by atoms with Gasteiger partial charge in [-0.1, -0.05) is 50.3 Å². The fourth-order valence-corrected chi connectivity index (χ4v) is 5.90. The molecule has 0 N–H and O–H groups in total. The van der Waals surface area contributed by atoms with Gasteiger partial charge in [0.15, 0.2) is 0 Å². The van der Waals surface area contributed by atoms with Gasteiger partial charge in [-0.15, -0.1) is 0 Å². The Balaban J connectivity index is 1.57. The van der Waals surface area contributed by atoms with E-state index in [9.17, 15) is 4.79 Å². The maximum atomic E-state index is 13.4. The Bertz CT molecular complexity index is 1940. The van der Waals surface area contributed by atoms with Crippen LogP contribution in [0.2, 0.25) is 0 Å². The third kappa shape index (κ3) is 8.95. The van der Waals surface area contributed by atoms with Crippen molar-refractivity contribution in [1.82, 2.24) is 4.57 Å². The van der Waals surface area contributed by atoms with E-state index in [0.29, 0.717) is 28.7 Å². The summed E-state index contributed by atoms with van der Waals surface area (Å²) in [6.45, 7) is 10.3. The lowest BCUT2D eigenvalue weighted by atomic mass is 9.98. The Hall–Kier alpha value is -5.02. The highest BCUT2D eigenvalue weighted by atomic mass is 32.1. The summed E-state index contributed by atoms with van der Waals surface area (Å²) in [4.78, 5) is 15.6. The van der Waals surface area contributed by atoms with Crippen LogP contribution >= 0.6 is 12.2 Å². The van der Waals surface area contributed by atoms with E-state index in [1.807, 2.05) is 124 Å². The van der Waals surface area contributed by atoms with Crippen LogP contribution in [0.3, 0.4) is 0 Å². The molecule has 0 saturated heterocycles. The minimum Gasteiger partial charge on any atom is -0.497 e. The Morgan fingerprint density at radius 2 is 1.38 bits per heavy atom. The molecule has 50 heavy (non-hydrogen) atoms. The smallest absolute Gasteiger partial charge is 0.326 e. The number of fused-ring (bicyclic) bond motifs is 1. The second-order valence-corrected chi connectivity index (χ2v) is 13.8. The van der Waals surface area contributed by atoms with Crippen molar-refractivity contribution < 1.29 is 28.5 Å². The van der Waals surface area contributed by atoms with Gasteiger partial charge in [-0.25, -0.2) is 0 Å². The number of anilines is 1. The summed E-state index contributed by atoms with van der Waals surface area (Å²) in [7, 11) is 5.29. The highest BCUT2D eigenvalue weighted by molar-refractivity contribution is 7.81. The molecule has 4 aromatic carbocycles. The topological polar surface area (TPSA) is 71.4 Å². The number of ether oxygens (including phenoxy) is 5. The van der Waals surface area contributed by atoms with E-state index in [-0.39, 0.29) is 19.1 Å². The first-order valence-corrected chi connectivity index (χ1v) is 17.0. The summed E-state index contributed by atoms with van der Waals surface area (Å²) in [6, 6.07) is 27.6. The molecule has 1 heterocycles. The van der Waals surface area contributed by atoms with Gasteiger partial charge in [0, 0.05) is 35.9 Å². The predicted octanol–water partition coefficient (Wildman–Crippen LogP) is 9.00. The van der Waals surface area contributed by atoms with E-state index < -0.39 is 11.6 Å². The van der Waals surface area contributed by atoms with Crippen molar-refractivity contribution in [3.8, 4) is 23.0 Å². The second-order valence-electron chi connectivity index (χ2n) is 13.5. The van der Waals surface area contributed by atoms with Crippen molar-refractivity contribution in [3.05, 3.63) is 113 Å². The van der Waals surface area contributed by atoms with E-state index in [4.69, 9.17) is 35.9 Å². The zero-order valence-electron chi connectivity index (χ0n) is 30.1. The number of methoxy groups -OCH3 is 2. The van der Waals surface area contributed by atoms with Crippen molar-refractivity contribution in [3.63, 3.8) is 0 Å². The number of hydrogen-bond donors (Lipinski definition) is 0. The van der Waals surface area contributed by atoms with E-state index in [2.05, 4.69) is 18.4 Å². The normalized spacial score (nSPS) is 11.4. The molecule has 0 aliphatic heterocycles. The van der Waals surface area contributed by atoms with Crippen LogP contribution < -0.4 is 23.8 Å². The van der Waals surface area contributed by atoms with Gasteiger partial charge in [-0.05, 0) is 98.0 Å². The van der Waals surface area contributed by atoms with Gasteiger partial charge in [-0.2, -0.15) is 0 Å². The minimum absolute atomic E-state index is 0.0842. The fourth-order valence-electron chi connectivity index (χ4n) is 5.57. The Morgan fingerprint density at radius 1 is 0.800 bits per heavy atom. The largest absolute Gasteiger partial charge is 0.497 e. The van der Waals surface area contributed by atoms with Crippen LogP contribution in [-0.4, -0.2) is 41.9 Å². The second kappa shape index (κ2) is 15.7. The Morgan fingerprint density at radius 3 is 1.92 bits per heavy atom. The molecular formula is C41H46N2O6S. The van der Waals surface area contributed by atoms with Crippen LogP contribution in [0.15, 0.2) is 91.1 Å². The van der Waals surface area contributed by atoms with Gasteiger partial charge in [0.2, 0.25) is 0 Å². The number of benzene rings is 4. The molecule has 0 saturated carbocycles. The average molecular weight is 695 g/mol. The summed E-state index contributed by atoms with van der Waals surface area (Å²) >= 11 is 6.28. The summed E-state index contributed by atoms with van der Waals surface area (Å²) in [6.07, 6.45) is 2.01. The predicted molar refractivity (Wildman–Crippen MR) is 203 cm³/mol. The molecule has 0 fully saturated rings. The molecule has 0 aliphatic rings. The van der Waals surface area contributed by atoms with E-state index in [0.717, 1.165) is 44.8 Å². The molecule has 0 amide bonds. The van der Waals surface area contributed by atoms with Gasteiger partial charge in [0.25, 0.3) is 0 Å². The molecule has 0 radical (unpaired) electrons. The van der Waals surface area contributed by atoms with Crippen LogP contribution in [-0.2, 0) is 29.8 Å². The van der Waals surface area contributed by atoms with Gasteiger partial charge in [0.1, 0.15) is 53.3 Å². The van der Waals surface area contributed by atoms with Crippen molar-refractivity contribution in [2.24, 2.45) is 7.05 Å². The van der Waals surface area contributed by atoms with Gasteiger partial charge < -0.3 is 33.2 Å². The Kier molecular flexibility index (Phi) is 11.4. The maximum absolute atomic E-state index is 13.4. The number of nitrogens with zero attached hydrogens (tertiary/aromatic N) is 2. The Labute approximate surface area is 300 Å². The summed E-state index contributed by atoms with van der Waals surface area (Å²) < 4.78 is 31.5. The first kappa shape index (κ1) is 36.3. The van der Waals surface area contributed by atoms with Crippen LogP contribution in [0.4, 0.5) is 5.69 Å². The lowest BCUT2D eigenvalue weighted by Crippen LogP contribution is -2.38.